The Kier molecular flexibility index (Phi) is 9.33. The highest BCUT2D eigenvalue weighted by Gasteiger charge is 2.34. The summed E-state index contributed by atoms with van der Waals surface area (Å²) in [7, 11) is 0. The summed E-state index contributed by atoms with van der Waals surface area (Å²) in [4.78, 5) is 57.2. The lowest BCUT2D eigenvalue weighted by atomic mass is 9.94. The molecule has 2 aliphatic rings. The Labute approximate surface area is 311 Å². The first kappa shape index (κ1) is 36.8. The Morgan fingerprint density at radius 2 is 1.81 bits per heavy atom. The molecular formula is C36H35ClF3N9O5. The Balaban J connectivity index is 1.26. The first-order valence-corrected chi connectivity index (χ1v) is 17.5. The molecule has 3 aromatic heterocycles. The number of ether oxygens (including phenoxy) is 1. The average molecular weight is 766 g/mol. The van der Waals surface area contributed by atoms with Crippen LogP contribution in [0.1, 0.15) is 59.3 Å². The SMILES string of the molecule is CCc1c(N2CCN(C(=O)c3ncnc(C)c3O)CC2)c(=O)n2nc(-c3ccc4c(c3)COC4(C)C)nc2n1CC(=O)Nc1ccc(C(F)(F)F)cc1Cl. The Morgan fingerprint density at radius 3 is 2.50 bits per heavy atom. The van der Waals surface area contributed by atoms with Crippen molar-refractivity contribution >= 4 is 40.6 Å². The Morgan fingerprint density at radius 1 is 1.07 bits per heavy atom. The van der Waals surface area contributed by atoms with Crippen LogP contribution in [-0.2, 0) is 40.9 Å². The fraction of sp³-hybridized carbons (Fsp3) is 0.361. The molecule has 5 heterocycles. The Hall–Kier alpha value is -5.55. The van der Waals surface area contributed by atoms with E-state index in [4.69, 9.17) is 21.3 Å². The molecule has 0 radical (unpaired) electrons. The third-order valence-corrected chi connectivity index (χ3v) is 10.0. The second-order valence-electron chi connectivity index (χ2n) is 13.5. The van der Waals surface area contributed by atoms with Crippen molar-refractivity contribution in [2.24, 2.45) is 0 Å². The number of aromatic hydroxyl groups is 1. The van der Waals surface area contributed by atoms with Crippen LogP contribution in [0.2, 0.25) is 5.02 Å². The van der Waals surface area contributed by atoms with Gasteiger partial charge in [-0.3, -0.25) is 14.4 Å². The van der Waals surface area contributed by atoms with E-state index in [9.17, 15) is 32.7 Å². The second kappa shape index (κ2) is 13.7. The number of hydrogen-bond donors (Lipinski definition) is 2. The van der Waals surface area contributed by atoms with E-state index in [1.807, 2.05) is 43.9 Å². The number of nitrogens with zero attached hydrogens (tertiary/aromatic N) is 8. The first-order chi connectivity index (χ1) is 25.6. The number of alkyl halides is 3. The van der Waals surface area contributed by atoms with E-state index in [0.29, 0.717) is 17.9 Å². The third-order valence-electron chi connectivity index (χ3n) is 9.72. The van der Waals surface area contributed by atoms with Gasteiger partial charge < -0.3 is 29.5 Å². The van der Waals surface area contributed by atoms with Gasteiger partial charge in [-0.1, -0.05) is 30.7 Å². The van der Waals surface area contributed by atoms with Crippen molar-refractivity contribution in [2.75, 3.05) is 36.4 Å². The molecule has 7 rings (SSSR count). The zero-order valence-corrected chi connectivity index (χ0v) is 30.4. The lowest BCUT2D eigenvalue weighted by Crippen LogP contribution is -2.51. The van der Waals surface area contributed by atoms with Crippen LogP contribution < -0.4 is 15.8 Å². The van der Waals surface area contributed by atoms with Crippen molar-refractivity contribution in [3.8, 4) is 17.1 Å². The number of hydrogen-bond acceptors (Lipinski definition) is 10. The third kappa shape index (κ3) is 6.61. The number of carbonyl (C=O) groups is 2. The normalized spacial score (nSPS) is 15.5. The number of aromatic nitrogens is 6. The van der Waals surface area contributed by atoms with Crippen LogP contribution in [-0.4, -0.2) is 77.1 Å². The molecule has 54 heavy (non-hydrogen) atoms. The molecule has 1 fully saturated rings. The van der Waals surface area contributed by atoms with Crippen molar-refractivity contribution in [3.63, 3.8) is 0 Å². The molecule has 18 heteroatoms. The van der Waals surface area contributed by atoms with Crippen molar-refractivity contribution in [1.29, 1.82) is 0 Å². The maximum Gasteiger partial charge on any atom is 0.416 e. The van der Waals surface area contributed by atoms with Crippen molar-refractivity contribution in [1.82, 2.24) is 34.0 Å². The highest BCUT2D eigenvalue weighted by atomic mass is 35.5. The second-order valence-corrected chi connectivity index (χ2v) is 13.9. The summed E-state index contributed by atoms with van der Waals surface area (Å²) in [5.41, 5.74) is 1.49. The van der Waals surface area contributed by atoms with Gasteiger partial charge in [0.2, 0.25) is 11.7 Å². The monoisotopic (exact) mass is 765 g/mol. The molecule has 0 unspecified atom stereocenters. The quantitative estimate of drug-likeness (QED) is 0.232. The zero-order valence-electron chi connectivity index (χ0n) is 29.7. The molecule has 1 saturated heterocycles. The van der Waals surface area contributed by atoms with Gasteiger partial charge in [-0.15, -0.1) is 5.10 Å². The molecule has 5 aromatic rings. The lowest BCUT2D eigenvalue weighted by molar-refractivity contribution is -0.137. The molecule has 0 atom stereocenters. The van der Waals surface area contributed by atoms with Gasteiger partial charge in [-0.05, 0) is 62.6 Å². The number of anilines is 2. The molecule has 2 aromatic carbocycles. The van der Waals surface area contributed by atoms with Crippen LogP contribution in [0.4, 0.5) is 24.5 Å². The lowest BCUT2D eigenvalue weighted by Gasteiger charge is -2.36. The van der Waals surface area contributed by atoms with E-state index in [1.165, 1.54) is 11.2 Å². The van der Waals surface area contributed by atoms with Gasteiger partial charge in [0.15, 0.2) is 17.3 Å². The van der Waals surface area contributed by atoms with Crippen LogP contribution in [0.5, 0.6) is 5.75 Å². The van der Waals surface area contributed by atoms with Crippen LogP contribution in [0, 0.1) is 6.92 Å². The maximum atomic E-state index is 14.4. The van der Waals surface area contributed by atoms with Gasteiger partial charge >= 0.3 is 6.18 Å². The van der Waals surface area contributed by atoms with E-state index < -0.39 is 41.3 Å². The van der Waals surface area contributed by atoms with E-state index in [0.717, 1.165) is 33.8 Å². The minimum absolute atomic E-state index is 0.0267. The minimum Gasteiger partial charge on any atom is -0.504 e. The fourth-order valence-electron chi connectivity index (χ4n) is 6.86. The fourth-order valence-corrected chi connectivity index (χ4v) is 7.09. The van der Waals surface area contributed by atoms with Crippen LogP contribution in [0.25, 0.3) is 17.2 Å². The summed E-state index contributed by atoms with van der Waals surface area (Å²) in [5, 5.41) is 17.3. The first-order valence-electron chi connectivity index (χ1n) is 17.1. The van der Waals surface area contributed by atoms with Gasteiger partial charge in [0.1, 0.15) is 18.6 Å². The number of nitrogens with one attached hydrogen (secondary N) is 1. The summed E-state index contributed by atoms with van der Waals surface area (Å²) in [6.07, 6.45) is -3.14. The number of amides is 2. The summed E-state index contributed by atoms with van der Waals surface area (Å²) < 4.78 is 48.4. The van der Waals surface area contributed by atoms with Crippen molar-refractivity contribution in [3.05, 3.63) is 91.9 Å². The standard InChI is InChI=1S/C36H35ClF3N9O5/c1-5-26-29(46-10-12-47(13-11-46)32(52)28-30(51)19(2)41-18-42-28)33(53)49-34(44-31(45-49)20-6-8-23-21(14-20)17-54-35(23,3)4)48(26)16-27(50)43-25-9-7-22(15-24(25)37)36(38,39)40/h6-9,14-15,18,51H,5,10-13,16-17H2,1-4H3,(H,43,50). The summed E-state index contributed by atoms with van der Waals surface area (Å²) in [5.74, 6) is -1.12. The van der Waals surface area contributed by atoms with Crippen LogP contribution in [0.3, 0.4) is 0 Å². The number of halogens is 4. The molecule has 0 aliphatic carbocycles. The number of piperazine rings is 1. The topological polar surface area (TPSA) is 160 Å². The summed E-state index contributed by atoms with van der Waals surface area (Å²) in [6, 6.07) is 8.31. The van der Waals surface area contributed by atoms with E-state index in [1.54, 1.807) is 11.5 Å². The molecule has 14 nitrogen and oxygen atoms in total. The van der Waals surface area contributed by atoms with Gasteiger partial charge in [0.05, 0.1) is 39.9 Å². The van der Waals surface area contributed by atoms with Crippen LogP contribution >= 0.6 is 11.6 Å². The Bertz CT molecular complexity index is 2390. The highest BCUT2D eigenvalue weighted by molar-refractivity contribution is 6.33. The van der Waals surface area contributed by atoms with E-state index in [2.05, 4.69) is 20.4 Å². The molecule has 2 amide bonds. The zero-order chi connectivity index (χ0) is 38.7. The van der Waals surface area contributed by atoms with Crippen LogP contribution in [0.15, 0.2) is 47.5 Å². The molecule has 282 valence electrons. The van der Waals surface area contributed by atoms with E-state index >= 15 is 0 Å². The molecule has 2 aliphatic heterocycles. The summed E-state index contributed by atoms with van der Waals surface area (Å²) >= 11 is 6.15. The van der Waals surface area contributed by atoms with Crippen molar-refractivity contribution in [2.45, 2.75) is 59.0 Å². The number of aryl methyl sites for hydroxylation is 1. The van der Waals surface area contributed by atoms with Gasteiger partial charge in [0, 0.05) is 31.7 Å². The molecule has 0 saturated carbocycles. The minimum atomic E-state index is -4.62. The highest BCUT2D eigenvalue weighted by Crippen LogP contribution is 2.38. The molecular weight excluding hydrogens is 731 g/mol. The van der Waals surface area contributed by atoms with Gasteiger partial charge in [-0.2, -0.15) is 22.7 Å². The maximum absolute atomic E-state index is 14.4. The van der Waals surface area contributed by atoms with Gasteiger partial charge in [0.25, 0.3) is 11.5 Å². The number of rotatable bonds is 7. The van der Waals surface area contributed by atoms with E-state index in [-0.39, 0.29) is 77.7 Å². The smallest absolute Gasteiger partial charge is 0.416 e. The van der Waals surface area contributed by atoms with Crippen molar-refractivity contribution < 1.29 is 32.6 Å². The largest absolute Gasteiger partial charge is 0.504 e. The predicted molar refractivity (Wildman–Crippen MR) is 192 cm³/mol. The average Bonchev–Trinajstić information content (AvgIpc) is 3.72. The number of benzene rings is 2. The molecule has 0 spiro atoms. The molecule has 2 N–H and O–H groups in total. The van der Waals surface area contributed by atoms with Gasteiger partial charge in [-0.25, -0.2) is 9.97 Å². The predicted octanol–water partition coefficient (Wildman–Crippen LogP) is 4.96. The number of fused-ring (bicyclic) bond motifs is 2. The molecule has 0 bridgehead atoms. The number of carbonyl (C=O) groups excluding carboxylic acids is 2. The summed E-state index contributed by atoms with van der Waals surface area (Å²) in [6.45, 7) is 8.13.